The summed E-state index contributed by atoms with van der Waals surface area (Å²) in [6, 6.07) is 27.7. The minimum absolute atomic E-state index is 1.04. The molecule has 0 fully saturated rings. The average Bonchev–Trinajstić information content (AvgIpc) is 2.74. The fraction of sp³-hybridized carbons (Fsp3) is 0.154. The van der Waals surface area contributed by atoms with Crippen LogP contribution in [-0.4, -0.2) is 4.98 Å². The predicted molar refractivity (Wildman–Crippen MR) is 120 cm³/mol. The summed E-state index contributed by atoms with van der Waals surface area (Å²) in [5.74, 6) is 0. The van der Waals surface area contributed by atoms with Crippen LogP contribution in [-0.2, 0) is 7.05 Å². The number of hydrogen-bond donors (Lipinski definition) is 0. The van der Waals surface area contributed by atoms with Gasteiger partial charge in [0.1, 0.15) is 12.7 Å². The van der Waals surface area contributed by atoms with Crippen molar-refractivity contribution in [1.29, 1.82) is 0 Å². The van der Waals surface area contributed by atoms with E-state index in [1.54, 1.807) is 0 Å². The van der Waals surface area contributed by atoms with Gasteiger partial charge >= 0.3 is 0 Å². The summed E-state index contributed by atoms with van der Waals surface area (Å²) in [4.78, 5) is 6.87. The highest BCUT2D eigenvalue weighted by Gasteiger charge is 2.20. The quantitative estimate of drug-likeness (QED) is 0.407. The molecule has 4 rings (SSSR count). The average molecular weight is 381 g/mol. The number of rotatable bonds is 4. The van der Waals surface area contributed by atoms with Crippen LogP contribution in [0.25, 0.3) is 11.3 Å². The van der Waals surface area contributed by atoms with Crippen molar-refractivity contribution in [2.24, 2.45) is 7.05 Å². The van der Waals surface area contributed by atoms with Crippen LogP contribution >= 0.6 is 0 Å². The maximum Gasteiger partial charge on any atom is 0.234 e. The summed E-state index contributed by atoms with van der Waals surface area (Å²) in [5.41, 5.74) is 9.22. The number of hydrogen-bond acceptors (Lipinski definition) is 2. The third-order valence-corrected chi connectivity index (χ3v) is 5.40. The molecule has 0 aliphatic heterocycles. The van der Waals surface area contributed by atoms with Gasteiger partial charge in [-0.15, -0.1) is 0 Å². The largest absolute Gasteiger partial charge is 0.310 e. The molecule has 3 aromatic carbocycles. The van der Waals surface area contributed by atoms with E-state index in [9.17, 15) is 0 Å². The van der Waals surface area contributed by atoms with E-state index in [2.05, 4.69) is 121 Å². The SMILES string of the molecule is Cc1cc(N(c2ccccc2)c2ccccc2)ccc1-c1c(C)ncc(C)[n+]1C. The van der Waals surface area contributed by atoms with Gasteiger partial charge in [0.25, 0.3) is 0 Å². The third kappa shape index (κ3) is 3.64. The van der Waals surface area contributed by atoms with Gasteiger partial charge < -0.3 is 4.90 Å². The monoisotopic (exact) mass is 380 g/mol. The van der Waals surface area contributed by atoms with Gasteiger partial charge in [0.15, 0.2) is 5.69 Å². The number of anilines is 3. The standard InChI is InChI=1S/C26H26N3/c1-19-17-24(15-16-25(19)26-21(3)27-18-20(2)28(26)4)29(22-11-7-5-8-12-22)23-13-9-6-10-14-23/h5-18H,1-4H3/q+1. The smallest absolute Gasteiger partial charge is 0.234 e. The Labute approximate surface area is 172 Å². The normalized spacial score (nSPS) is 10.8. The molecule has 0 saturated carbocycles. The molecule has 1 heterocycles. The molecule has 1 aromatic heterocycles. The third-order valence-electron chi connectivity index (χ3n) is 5.40. The summed E-state index contributed by atoms with van der Waals surface area (Å²) in [6.07, 6.45) is 1.93. The Bertz CT molecular complexity index is 1100. The summed E-state index contributed by atoms with van der Waals surface area (Å²) < 4.78 is 2.22. The van der Waals surface area contributed by atoms with E-state index in [0.717, 1.165) is 28.5 Å². The molecule has 3 heteroatoms. The molecule has 0 spiro atoms. The van der Waals surface area contributed by atoms with Crippen molar-refractivity contribution < 1.29 is 4.57 Å². The number of nitrogens with zero attached hydrogens (tertiary/aromatic N) is 3. The Balaban J connectivity index is 1.85. The molecule has 0 amide bonds. The molecule has 0 bridgehead atoms. The first-order valence-electron chi connectivity index (χ1n) is 9.90. The van der Waals surface area contributed by atoms with Gasteiger partial charge in [0, 0.05) is 24.0 Å². The Morgan fingerprint density at radius 1 is 0.724 bits per heavy atom. The van der Waals surface area contributed by atoms with Crippen LogP contribution in [0.5, 0.6) is 0 Å². The molecule has 29 heavy (non-hydrogen) atoms. The molecule has 0 aliphatic rings. The van der Waals surface area contributed by atoms with E-state index in [1.165, 1.54) is 16.8 Å². The lowest BCUT2D eigenvalue weighted by atomic mass is 10.0. The number of aromatic nitrogens is 2. The first kappa shape index (κ1) is 18.9. The van der Waals surface area contributed by atoms with E-state index >= 15 is 0 Å². The number of benzene rings is 3. The molecule has 0 unspecified atom stereocenters. The van der Waals surface area contributed by atoms with E-state index in [0.29, 0.717) is 0 Å². The second-order valence-electron chi connectivity index (χ2n) is 7.40. The van der Waals surface area contributed by atoms with Crippen LogP contribution in [0.1, 0.15) is 17.0 Å². The maximum atomic E-state index is 4.58. The fourth-order valence-electron chi connectivity index (χ4n) is 3.79. The summed E-state index contributed by atoms with van der Waals surface area (Å²) in [7, 11) is 2.10. The molecule has 3 nitrogen and oxygen atoms in total. The van der Waals surface area contributed by atoms with Crippen LogP contribution in [0.2, 0.25) is 0 Å². The molecule has 0 N–H and O–H groups in total. The Morgan fingerprint density at radius 2 is 1.31 bits per heavy atom. The van der Waals surface area contributed by atoms with Gasteiger partial charge in [-0.25, -0.2) is 4.98 Å². The van der Waals surface area contributed by atoms with Crippen molar-refractivity contribution in [3.8, 4) is 11.3 Å². The molecular weight excluding hydrogens is 354 g/mol. The zero-order chi connectivity index (χ0) is 20.4. The Morgan fingerprint density at radius 3 is 1.86 bits per heavy atom. The molecule has 4 aromatic rings. The van der Waals surface area contributed by atoms with Gasteiger partial charge in [-0.3, -0.25) is 0 Å². The molecule has 144 valence electrons. The van der Waals surface area contributed by atoms with E-state index in [4.69, 9.17) is 0 Å². The van der Waals surface area contributed by atoms with Crippen molar-refractivity contribution in [3.63, 3.8) is 0 Å². The number of aryl methyl sites for hydroxylation is 3. The second-order valence-corrected chi connectivity index (χ2v) is 7.40. The van der Waals surface area contributed by atoms with Crippen molar-refractivity contribution >= 4 is 17.1 Å². The second kappa shape index (κ2) is 7.88. The molecular formula is C26H26N3+. The van der Waals surface area contributed by atoms with Crippen molar-refractivity contribution in [1.82, 2.24) is 4.98 Å². The van der Waals surface area contributed by atoms with Crippen molar-refractivity contribution in [2.45, 2.75) is 20.8 Å². The highest BCUT2D eigenvalue weighted by Crippen LogP contribution is 2.36. The Hall–Kier alpha value is -3.46. The lowest BCUT2D eigenvalue weighted by Gasteiger charge is -2.26. The van der Waals surface area contributed by atoms with Gasteiger partial charge in [-0.1, -0.05) is 36.4 Å². The minimum Gasteiger partial charge on any atom is -0.310 e. The van der Waals surface area contributed by atoms with Crippen LogP contribution in [0, 0.1) is 20.8 Å². The van der Waals surface area contributed by atoms with Crippen LogP contribution in [0.15, 0.2) is 85.1 Å². The van der Waals surface area contributed by atoms with Crippen LogP contribution < -0.4 is 9.47 Å². The van der Waals surface area contributed by atoms with E-state index in [1.807, 2.05) is 6.20 Å². The maximum absolute atomic E-state index is 4.58. The molecule has 0 radical (unpaired) electrons. The lowest BCUT2D eigenvalue weighted by Crippen LogP contribution is -2.36. The first-order valence-corrected chi connectivity index (χ1v) is 9.90. The molecule has 0 aliphatic carbocycles. The molecule has 0 atom stereocenters. The topological polar surface area (TPSA) is 20.0 Å². The zero-order valence-corrected chi connectivity index (χ0v) is 17.4. The summed E-state index contributed by atoms with van der Waals surface area (Å²) in [5, 5.41) is 0. The first-order chi connectivity index (χ1) is 14.1. The fourth-order valence-corrected chi connectivity index (χ4v) is 3.79. The number of para-hydroxylation sites is 2. The van der Waals surface area contributed by atoms with E-state index in [-0.39, 0.29) is 0 Å². The predicted octanol–water partition coefficient (Wildman–Crippen LogP) is 5.97. The van der Waals surface area contributed by atoms with Gasteiger partial charge in [0.05, 0.1) is 11.8 Å². The Kier molecular flexibility index (Phi) is 5.13. The zero-order valence-electron chi connectivity index (χ0n) is 17.4. The highest BCUT2D eigenvalue weighted by molar-refractivity contribution is 5.78. The lowest BCUT2D eigenvalue weighted by molar-refractivity contribution is -0.667. The minimum atomic E-state index is 1.04. The summed E-state index contributed by atoms with van der Waals surface area (Å²) >= 11 is 0. The van der Waals surface area contributed by atoms with Crippen LogP contribution in [0.4, 0.5) is 17.1 Å². The van der Waals surface area contributed by atoms with E-state index < -0.39 is 0 Å². The van der Waals surface area contributed by atoms with Gasteiger partial charge in [0.2, 0.25) is 5.69 Å². The van der Waals surface area contributed by atoms with Crippen molar-refractivity contribution in [3.05, 3.63) is 102 Å². The van der Waals surface area contributed by atoms with Gasteiger partial charge in [-0.2, -0.15) is 4.57 Å². The van der Waals surface area contributed by atoms with Crippen molar-refractivity contribution in [2.75, 3.05) is 4.90 Å². The van der Waals surface area contributed by atoms with Gasteiger partial charge in [-0.05, 0) is 61.9 Å². The molecule has 0 saturated heterocycles. The summed E-state index contributed by atoms with van der Waals surface area (Å²) in [6.45, 7) is 6.34. The highest BCUT2D eigenvalue weighted by atomic mass is 15.1. The van der Waals surface area contributed by atoms with Crippen LogP contribution in [0.3, 0.4) is 0 Å².